The van der Waals surface area contributed by atoms with Gasteiger partial charge in [0.2, 0.25) is 0 Å². The third-order valence-corrected chi connectivity index (χ3v) is 4.39. The third-order valence-electron chi connectivity index (χ3n) is 4.39. The van der Waals surface area contributed by atoms with Gasteiger partial charge in [0.05, 0.1) is 30.1 Å². The van der Waals surface area contributed by atoms with E-state index in [0.717, 1.165) is 27.8 Å². The van der Waals surface area contributed by atoms with Crippen molar-refractivity contribution in [3.63, 3.8) is 0 Å². The van der Waals surface area contributed by atoms with Crippen LogP contribution in [-0.2, 0) is 0 Å². The van der Waals surface area contributed by atoms with Gasteiger partial charge in [0.15, 0.2) is 0 Å². The van der Waals surface area contributed by atoms with Crippen molar-refractivity contribution in [1.82, 2.24) is 15.4 Å². The summed E-state index contributed by atoms with van der Waals surface area (Å²) in [5.41, 5.74) is 6.17. The summed E-state index contributed by atoms with van der Waals surface area (Å²) < 4.78 is 5.19. The first-order valence-electron chi connectivity index (χ1n) is 9.02. The van der Waals surface area contributed by atoms with Crippen LogP contribution in [0, 0.1) is 0 Å². The number of fused-ring (bicyclic) bond motifs is 1. The van der Waals surface area contributed by atoms with Crippen LogP contribution in [-0.4, -0.2) is 29.2 Å². The van der Waals surface area contributed by atoms with Crippen LogP contribution < -0.4 is 10.2 Å². The number of nitrogens with zero attached hydrogens (tertiary/aromatic N) is 3. The van der Waals surface area contributed by atoms with E-state index >= 15 is 0 Å². The Hall–Kier alpha value is -4.06. The largest absolute Gasteiger partial charge is 0.497 e. The quantitative estimate of drug-likeness (QED) is 0.417. The minimum atomic E-state index is -0.312. The van der Waals surface area contributed by atoms with E-state index in [9.17, 15) is 4.79 Å². The number of rotatable bonds is 5. The molecular weight excluding hydrogens is 364 g/mol. The molecule has 4 rings (SSSR count). The van der Waals surface area contributed by atoms with Gasteiger partial charge < -0.3 is 4.74 Å². The van der Waals surface area contributed by atoms with Crippen molar-refractivity contribution >= 4 is 23.0 Å². The molecule has 1 N–H and O–H groups in total. The molecule has 0 fully saturated rings. The molecule has 0 bridgehead atoms. The highest BCUT2D eigenvalue weighted by atomic mass is 16.5. The molecular formula is C23H18N4O2. The number of hydrogen-bond acceptors (Lipinski definition) is 5. The monoisotopic (exact) mass is 382 g/mol. The lowest BCUT2D eigenvalue weighted by Gasteiger charge is -2.08. The van der Waals surface area contributed by atoms with Crippen LogP contribution in [0.15, 0.2) is 84.2 Å². The van der Waals surface area contributed by atoms with E-state index in [4.69, 9.17) is 4.74 Å². The van der Waals surface area contributed by atoms with E-state index in [1.807, 2.05) is 60.7 Å². The maximum Gasteiger partial charge on any atom is 0.272 e. The molecule has 0 aliphatic heterocycles. The molecule has 0 saturated heterocycles. The second-order valence-corrected chi connectivity index (χ2v) is 6.29. The minimum Gasteiger partial charge on any atom is -0.497 e. The maximum atomic E-state index is 12.9. The number of ether oxygens (including phenoxy) is 1. The Bertz CT molecular complexity index is 1190. The summed E-state index contributed by atoms with van der Waals surface area (Å²) >= 11 is 0. The molecule has 4 aromatic rings. The lowest BCUT2D eigenvalue weighted by Crippen LogP contribution is -2.18. The molecule has 2 aromatic carbocycles. The fourth-order valence-electron chi connectivity index (χ4n) is 2.97. The molecule has 2 aromatic heterocycles. The van der Waals surface area contributed by atoms with Gasteiger partial charge in [-0.1, -0.05) is 30.3 Å². The van der Waals surface area contributed by atoms with E-state index in [2.05, 4.69) is 20.5 Å². The van der Waals surface area contributed by atoms with E-state index in [1.54, 1.807) is 31.8 Å². The van der Waals surface area contributed by atoms with Crippen molar-refractivity contribution in [3.05, 3.63) is 90.3 Å². The molecule has 6 heteroatoms. The van der Waals surface area contributed by atoms with Gasteiger partial charge in [-0.05, 0) is 42.0 Å². The minimum absolute atomic E-state index is 0.312. The summed E-state index contributed by atoms with van der Waals surface area (Å²) in [6.07, 6.45) is 5.00. The highest BCUT2D eigenvalue weighted by Crippen LogP contribution is 2.24. The van der Waals surface area contributed by atoms with Crippen LogP contribution in [0.1, 0.15) is 15.9 Å². The van der Waals surface area contributed by atoms with Gasteiger partial charge in [0.1, 0.15) is 5.75 Å². The molecule has 0 radical (unpaired) electrons. The first-order chi connectivity index (χ1) is 14.2. The van der Waals surface area contributed by atoms with Gasteiger partial charge in [0.25, 0.3) is 5.91 Å². The molecule has 142 valence electrons. The Morgan fingerprint density at radius 2 is 1.97 bits per heavy atom. The number of carbonyl (C=O) groups excluding carboxylic acids is 1. The number of hydrazone groups is 1. The van der Waals surface area contributed by atoms with Gasteiger partial charge in [-0.15, -0.1) is 0 Å². The van der Waals surface area contributed by atoms with Crippen LogP contribution in [0.25, 0.3) is 22.2 Å². The zero-order valence-electron chi connectivity index (χ0n) is 15.7. The van der Waals surface area contributed by atoms with Crippen molar-refractivity contribution in [2.24, 2.45) is 5.10 Å². The predicted molar refractivity (Wildman–Crippen MR) is 113 cm³/mol. The Morgan fingerprint density at radius 3 is 2.79 bits per heavy atom. The van der Waals surface area contributed by atoms with Crippen molar-refractivity contribution < 1.29 is 9.53 Å². The standard InChI is InChI=1S/C23H18N4O2/c1-29-18-8-4-6-16(12-18)14-25-27-23(28)20-13-22(17-7-5-11-24-15-17)26-21-10-3-2-9-19(20)21/h2-15H,1H3,(H,27,28). The smallest absolute Gasteiger partial charge is 0.272 e. The SMILES string of the molecule is COc1cccc(C=NNC(=O)c2cc(-c3cccnc3)nc3ccccc23)c1. The molecule has 6 nitrogen and oxygen atoms in total. The van der Waals surface area contributed by atoms with E-state index in [0.29, 0.717) is 11.3 Å². The highest BCUT2D eigenvalue weighted by Gasteiger charge is 2.13. The van der Waals surface area contributed by atoms with Crippen LogP contribution in [0.4, 0.5) is 0 Å². The lowest BCUT2D eigenvalue weighted by molar-refractivity contribution is 0.0956. The molecule has 0 spiro atoms. The van der Waals surface area contributed by atoms with Gasteiger partial charge in [0, 0.05) is 23.3 Å². The summed E-state index contributed by atoms with van der Waals surface area (Å²) in [6.45, 7) is 0. The number of benzene rings is 2. The summed E-state index contributed by atoms with van der Waals surface area (Å²) in [6, 6.07) is 20.4. The average molecular weight is 382 g/mol. The maximum absolute atomic E-state index is 12.9. The number of nitrogens with one attached hydrogen (secondary N) is 1. The van der Waals surface area contributed by atoms with Gasteiger partial charge >= 0.3 is 0 Å². The summed E-state index contributed by atoms with van der Waals surface area (Å²) in [5, 5.41) is 4.85. The van der Waals surface area contributed by atoms with Gasteiger partial charge in [-0.2, -0.15) is 5.10 Å². The molecule has 29 heavy (non-hydrogen) atoms. The van der Waals surface area contributed by atoms with Crippen molar-refractivity contribution in [2.45, 2.75) is 0 Å². The summed E-state index contributed by atoms with van der Waals surface area (Å²) in [7, 11) is 1.60. The number of carbonyl (C=O) groups is 1. The van der Waals surface area contributed by atoms with Gasteiger partial charge in [-0.3, -0.25) is 9.78 Å². The summed E-state index contributed by atoms with van der Waals surface area (Å²) in [5.74, 6) is 0.411. The Morgan fingerprint density at radius 1 is 1.07 bits per heavy atom. The van der Waals surface area contributed by atoms with E-state index < -0.39 is 0 Å². The first-order valence-corrected chi connectivity index (χ1v) is 9.02. The molecule has 0 saturated carbocycles. The zero-order chi connectivity index (χ0) is 20.1. The Balaban J connectivity index is 1.65. The fraction of sp³-hybridized carbons (Fsp3) is 0.0435. The first kappa shape index (κ1) is 18.3. The Labute approximate surface area is 167 Å². The molecule has 0 aliphatic carbocycles. The average Bonchev–Trinajstić information content (AvgIpc) is 2.79. The number of methoxy groups -OCH3 is 1. The molecule has 0 aliphatic rings. The number of amides is 1. The van der Waals surface area contributed by atoms with Gasteiger partial charge in [-0.25, -0.2) is 10.4 Å². The van der Waals surface area contributed by atoms with Crippen LogP contribution in [0.5, 0.6) is 5.75 Å². The Kier molecular flexibility index (Phi) is 5.25. The second kappa shape index (κ2) is 8.31. The number of pyridine rings is 2. The number of aromatic nitrogens is 2. The predicted octanol–water partition coefficient (Wildman–Crippen LogP) is 4.07. The third kappa shape index (κ3) is 4.11. The molecule has 2 heterocycles. The normalized spacial score (nSPS) is 10.9. The molecule has 1 amide bonds. The lowest BCUT2D eigenvalue weighted by atomic mass is 10.0. The topological polar surface area (TPSA) is 76.5 Å². The molecule has 0 atom stereocenters. The highest BCUT2D eigenvalue weighted by molar-refractivity contribution is 6.07. The second-order valence-electron chi connectivity index (χ2n) is 6.29. The van der Waals surface area contributed by atoms with Crippen molar-refractivity contribution in [2.75, 3.05) is 7.11 Å². The van der Waals surface area contributed by atoms with E-state index in [-0.39, 0.29) is 5.91 Å². The number of para-hydroxylation sites is 1. The number of hydrogen-bond donors (Lipinski definition) is 1. The fourth-order valence-corrected chi connectivity index (χ4v) is 2.97. The van der Waals surface area contributed by atoms with Crippen LogP contribution >= 0.6 is 0 Å². The van der Waals surface area contributed by atoms with Crippen LogP contribution in [0.2, 0.25) is 0 Å². The zero-order valence-corrected chi connectivity index (χ0v) is 15.7. The van der Waals surface area contributed by atoms with Crippen molar-refractivity contribution in [3.8, 4) is 17.0 Å². The molecule has 0 unspecified atom stereocenters. The summed E-state index contributed by atoms with van der Waals surface area (Å²) in [4.78, 5) is 21.7. The van der Waals surface area contributed by atoms with Crippen LogP contribution in [0.3, 0.4) is 0 Å². The van der Waals surface area contributed by atoms with Crippen molar-refractivity contribution in [1.29, 1.82) is 0 Å². The van der Waals surface area contributed by atoms with E-state index in [1.165, 1.54) is 0 Å².